The van der Waals surface area contributed by atoms with Crippen LogP contribution in [0.25, 0.3) is 0 Å². The van der Waals surface area contributed by atoms with Crippen molar-refractivity contribution in [3.8, 4) is 0 Å². The van der Waals surface area contributed by atoms with E-state index < -0.39 is 11.8 Å². The molecule has 102 valence electrons. The van der Waals surface area contributed by atoms with Gasteiger partial charge in [0.05, 0.1) is 5.54 Å². The number of rotatable bonds is 2. The smallest absolute Gasteiger partial charge is 0.260 e. The predicted octanol–water partition coefficient (Wildman–Crippen LogP) is 1.73. The van der Waals surface area contributed by atoms with Gasteiger partial charge in [-0.25, -0.2) is 8.78 Å². The van der Waals surface area contributed by atoms with Crippen molar-refractivity contribution in [2.75, 3.05) is 19.6 Å². The van der Waals surface area contributed by atoms with Gasteiger partial charge in [0.15, 0.2) is 0 Å². The van der Waals surface area contributed by atoms with Gasteiger partial charge in [0, 0.05) is 32.1 Å². The summed E-state index contributed by atoms with van der Waals surface area (Å²) in [5.41, 5.74) is -0.125. The van der Waals surface area contributed by atoms with Gasteiger partial charge in [-0.1, -0.05) is 0 Å². The summed E-state index contributed by atoms with van der Waals surface area (Å²) in [5.74, 6) is -4.07. The van der Waals surface area contributed by atoms with Gasteiger partial charge in [-0.2, -0.15) is 0 Å². The number of amides is 1. The first-order valence-corrected chi connectivity index (χ1v) is 6.79. The Morgan fingerprint density at radius 3 is 2.28 bits per heavy atom. The molecule has 0 radical (unpaired) electrons. The van der Waals surface area contributed by atoms with Crippen LogP contribution in [-0.4, -0.2) is 52.8 Å². The van der Waals surface area contributed by atoms with Crippen molar-refractivity contribution < 1.29 is 13.6 Å². The maximum atomic E-state index is 13.0. The molecule has 0 aromatic rings. The lowest BCUT2D eigenvalue weighted by atomic mass is 9.83. The molecule has 3 nitrogen and oxygen atoms in total. The summed E-state index contributed by atoms with van der Waals surface area (Å²) < 4.78 is 26.0. The molecule has 1 spiro atoms. The zero-order valence-electron chi connectivity index (χ0n) is 11.0. The zero-order chi connectivity index (χ0) is 13.1. The van der Waals surface area contributed by atoms with Crippen LogP contribution in [0.15, 0.2) is 0 Å². The summed E-state index contributed by atoms with van der Waals surface area (Å²) >= 11 is 0. The first-order chi connectivity index (χ1) is 8.36. The van der Waals surface area contributed by atoms with Gasteiger partial charge in [0.1, 0.15) is 5.92 Å². The van der Waals surface area contributed by atoms with E-state index in [-0.39, 0.29) is 17.9 Å². The van der Waals surface area contributed by atoms with Crippen LogP contribution in [0.5, 0.6) is 0 Å². The first-order valence-electron chi connectivity index (χ1n) is 6.79. The molecule has 1 amide bonds. The third-order valence-corrected chi connectivity index (χ3v) is 4.86. The molecular formula is C13H20F2N2O. The Balaban J connectivity index is 1.67. The van der Waals surface area contributed by atoms with Gasteiger partial charge < -0.3 is 4.90 Å². The van der Waals surface area contributed by atoms with Gasteiger partial charge in [0.25, 0.3) is 5.92 Å². The van der Waals surface area contributed by atoms with E-state index in [9.17, 15) is 13.6 Å². The molecule has 3 aliphatic rings. The van der Waals surface area contributed by atoms with Gasteiger partial charge in [-0.05, 0) is 26.7 Å². The molecule has 2 aliphatic heterocycles. The molecule has 1 aliphatic carbocycles. The maximum absolute atomic E-state index is 13.0. The van der Waals surface area contributed by atoms with Crippen molar-refractivity contribution in [3.05, 3.63) is 0 Å². The summed E-state index contributed by atoms with van der Waals surface area (Å²) in [6.45, 7) is 6.77. The van der Waals surface area contributed by atoms with Gasteiger partial charge in [-0.3, -0.25) is 9.69 Å². The summed E-state index contributed by atoms with van der Waals surface area (Å²) in [6.07, 6.45) is 1.67. The second-order valence-corrected chi connectivity index (χ2v) is 6.30. The van der Waals surface area contributed by atoms with Crippen LogP contribution in [-0.2, 0) is 4.79 Å². The van der Waals surface area contributed by atoms with Crippen molar-refractivity contribution in [3.63, 3.8) is 0 Å². The molecule has 0 aromatic carbocycles. The summed E-state index contributed by atoms with van der Waals surface area (Å²) in [4.78, 5) is 16.1. The van der Waals surface area contributed by atoms with E-state index >= 15 is 0 Å². The normalized spacial score (nSPS) is 38.3. The first kappa shape index (κ1) is 12.3. The molecule has 1 saturated carbocycles. The average Bonchev–Trinajstić information content (AvgIpc) is 2.75. The number of alkyl halides is 2. The largest absolute Gasteiger partial charge is 0.335 e. The Kier molecular flexibility index (Phi) is 2.50. The predicted molar refractivity (Wildman–Crippen MR) is 63.4 cm³/mol. The molecule has 0 N–H and O–H groups in total. The Morgan fingerprint density at radius 1 is 1.28 bits per heavy atom. The van der Waals surface area contributed by atoms with Crippen molar-refractivity contribution in [2.24, 2.45) is 5.92 Å². The molecular weight excluding hydrogens is 238 g/mol. The van der Waals surface area contributed by atoms with Crippen LogP contribution >= 0.6 is 0 Å². The van der Waals surface area contributed by atoms with Gasteiger partial charge >= 0.3 is 0 Å². The second-order valence-electron chi connectivity index (χ2n) is 6.30. The van der Waals surface area contributed by atoms with Crippen LogP contribution in [0.2, 0.25) is 0 Å². The highest BCUT2D eigenvalue weighted by atomic mass is 19.3. The highest BCUT2D eigenvalue weighted by Gasteiger charge is 2.65. The molecule has 0 bridgehead atoms. The van der Waals surface area contributed by atoms with Crippen LogP contribution in [0.4, 0.5) is 8.78 Å². The summed E-state index contributed by atoms with van der Waals surface area (Å²) in [6, 6.07) is 0.462. The number of halogens is 2. The van der Waals surface area contributed by atoms with Gasteiger partial charge in [0.2, 0.25) is 5.91 Å². The van der Waals surface area contributed by atoms with E-state index in [4.69, 9.17) is 0 Å². The molecule has 2 heterocycles. The monoisotopic (exact) mass is 258 g/mol. The van der Waals surface area contributed by atoms with E-state index in [1.807, 2.05) is 0 Å². The third-order valence-electron chi connectivity index (χ3n) is 4.86. The van der Waals surface area contributed by atoms with Crippen molar-refractivity contribution in [1.82, 2.24) is 9.80 Å². The van der Waals surface area contributed by atoms with Gasteiger partial charge in [-0.15, -0.1) is 0 Å². The van der Waals surface area contributed by atoms with Crippen molar-refractivity contribution in [2.45, 2.75) is 50.6 Å². The number of nitrogens with zero attached hydrogens (tertiary/aromatic N) is 2. The van der Waals surface area contributed by atoms with E-state index in [0.29, 0.717) is 12.6 Å². The van der Waals surface area contributed by atoms with E-state index in [1.165, 1.54) is 0 Å². The molecule has 3 fully saturated rings. The quantitative estimate of drug-likeness (QED) is 0.753. The number of carbonyl (C=O) groups is 1. The minimum Gasteiger partial charge on any atom is -0.335 e. The molecule has 5 heteroatoms. The Labute approximate surface area is 106 Å². The molecule has 2 atom stereocenters. The molecule has 2 saturated heterocycles. The lowest BCUT2D eigenvalue weighted by Gasteiger charge is -2.51. The summed E-state index contributed by atoms with van der Waals surface area (Å²) in [7, 11) is 0. The lowest BCUT2D eigenvalue weighted by Crippen LogP contribution is -2.64. The lowest BCUT2D eigenvalue weighted by molar-refractivity contribution is -0.150. The third kappa shape index (κ3) is 1.67. The number of hydrogen-bond acceptors (Lipinski definition) is 2. The molecule has 18 heavy (non-hydrogen) atoms. The Bertz CT molecular complexity index is 385. The molecule has 3 rings (SSSR count). The minimum atomic E-state index is -2.73. The standard InChI is InChI=1S/C13H20F2N2O/c1-9(2)16-5-3-12(8-16)4-6-17(12)11(18)10-7-13(10,14)15/h9-10H,3-8H2,1-2H3. The highest BCUT2D eigenvalue weighted by molar-refractivity contribution is 5.84. The maximum Gasteiger partial charge on any atom is 0.260 e. The van der Waals surface area contributed by atoms with Crippen LogP contribution in [0.3, 0.4) is 0 Å². The number of likely N-dealkylation sites (tertiary alicyclic amines) is 2. The zero-order valence-corrected chi connectivity index (χ0v) is 11.0. The SMILES string of the molecule is CC(C)N1CCC2(CCN2C(=O)C2CC2(F)F)C1. The topological polar surface area (TPSA) is 23.6 Å². The van der Waals surface area contributed by atoms with Crippen LogP contribution in [0.1, 0.15) is 33.1 Å². The fourth-order valence-electron chi connectivity index (χ4n) is 3.31. The fraction of sp³-hybridized carbons (Fsp3) is 0.923. The Morgan fingerprint density at radius 2 is 1.89 bits per heavy atom. The van der Waals surface area contributed by atoms with Crippen molar-refractivity contribution >= 4 is 5.91 Å². The van der Waals surface area contributed by atoms with E-state index in [1.54, 1.807) is 4.90 Å². The van der Waals surface area contributed by atoms with Crippen molar-refractivity contribution in [1.29, 1.82) is 0 Å². The number of carbonyl (C=O) groups excluding carboxylic acids is 1. The van der Waals surface area contributed by atoms with Crippen LogP contribution in [0, 0.1) is 5.92 Å². The fourth-order valence-corrected chi connectivity index (χ4v) is 3.31. The molecule has 0 aromatic heterocycles. The minimum absolute atomic E-state index is 0.125. The van der Waals surface area contributed by atoms with Crippen LogP contribution < -0.4 is 0 Å². The second kappa shape index (κ2) is 3.65. The molecule has 2 unspecified atom stereocenters. The van der Waals surface area contributed by atoms with E-state index in [0.717, 1.165) is 25.9 Å². The highest BCUT2D eigenvalue weighted by Crippen LogP contribution is 2.52. The van der Waals surface area contributed by atoms with E-state index in [2.05, 4.69) is 18.7 Å². The Hall–Kier alpha value is -0.710. The number of hydrogen-bond donors (Lipinski definition) is 0. The average molecular weight is 258 g/mol. The summed E-state index contributed by atoms with van der Waals surface area (Å²) in [5, 5.41) is 0.